The predicted octanol–water partition coefficient (Wildman–Crippen LogP) is 25.3. The first-order valence-electron chi connectivity index (χ1n) is 41.3. The summed E-state index contributed by atoms with van der Waals surface area (Å²) < 4.78 is 225. The van der Waals surface area contributed by atoms with Gasteiger partial charge in [0, 0.05) is 58.7 Å². The van der Waals surface area contributed by atoms with Crippen LogP contribution in [0, 0.1) is 87.3 Å². The van der Waals surface area contributed by atoms with Gasteiger partial charge in [-0.15, -0.1) is 19.2 Å². The van der Waals surface area contributed by atoms with E-state index in [1.54, 1.807) is 13.8 Å². The predicted molar refractivity (Wildman–Crippen MR) is 465 cm³/mol. The lowest BCUT2D eigenvalue weighted by Crippen LogP contribution is -2.21. The highest BCUT2D eigenvalue weighted by Crippen LogP contribution is 2.28. The molecule has 15 nitrogen and oxygen atoms in total. The van der Waals surface area contributed by atoms with Crippen molar-refractivity contribution in [3.8, 4) is 0 Å². The van der Waals surface area contributed by atoms with Crippen LogP contribution >= 0.6 is 60.4 Å². The van der Waals surface area contributed by atoms with Crippen molar-refractivity contribution >= 4 is 92.9 Å². The van der Waals surface area contributed by atoms with Crippen LogP contribution in [0.2, 0.25) is 0 Å². The Morgan fingerprint density at radius 1 is 0.344 bits per heavy atom. The zero-order valence-corrected chi connectivity index (χ0v) is 74.9. The first-order chi connectivity index (χ1) is 57.3. The van der Waals surface area contributed by atoms with Gasteiger partial charge in [0.25, 0.3) is 5.24 Å². The van der Waals surface area contributed by atoms with Crippen molar-refractivity contribution in [1.29, 1.82) is 0 Å². The lowest BCUT2D eigenvalue weighted by atomic mass is 10.1. The number of unbranched alkanes of at least 4 members (excludes halogenated alkanes) is 31. The lowest BCUT2D eigenvalue weighted by molar-refractivity contribution is -0.109. The van der Waals surface area contributed by atoms with E-state index in [4.69, 9.17) is 29.2 Å². The Morgan fingerprint density at radius 2 is 0.557 bits per heavy atom. The van der Waals surface area contributed by atoms with Crippen LogP contribution in [0.25, 0.3) is 0 Å². The third-order valence-electron chi connectivity index (χ3n) is 17.1. The number of hydrogen-bond acceptors (Lipinski definition) is 18. The second kappa shape index (κ2) is 88.4. The second-order valence-corrected chi connectivity index (χ2v) is 30.9. The van der Waals surface area contributed by atoms with Crippen molar-refractivity contribution in [1.82, 2.24) is 4.90 Å². The van der Waals surface area contributed by atoms with Crippen LogP contribution < -0.4 is 0 Å². The van der Waals surface area contributed by atoms with Crippen molar-refractivity contribution in [2.24, 2.45) is 0 Å². The maximum atomic E-state index is 13.5. The third kappa shape index (κ3) is 68.6. The molecular formula is C87H139ClF15NO14S4. The van der Waals surface area contributed by atoms with Gasteiger partial charge in [0.05, 0.1) is 39.6 Å². The summed E-state index contributed by atoms with van der Waals surface area (Å²) in [6.45, 7) is 21.3. The monoisotopic (exact) mass is 1870 g/mol. The first kappa shape index (κ1) is 128. The highest BCUT2D eigenvalue weighted by atomic mass is 35.5. The molecule has 0 spiro atoms. The number of allylic oxidation sites excluding steroid dienone is 1. The molecule has 0 heterocycles. The fraction of sp³-hybridized carbons (Fsp3) is 0.701. The molecule has 0 aliphatic rings. The largest absolute Gasteiger partial charge is 0.459 e. The van der Waals surface area contributed by atoms with Gasteiger partial charge in [-0.25, -0.2) is 75.4 Å². The molecular weight excluding hydrogens is 1730 g/mol. The fourth-order valence-corrected chi connectivity index (χ4v) is 12.2. The number of nitrogens with zero attached hydrogens (tertiary/aromatic N) is 1. The molecule has 0 unspecified atom stereocenters. The molecule has 0 atom stereocenters. The molecule has 712 valence electrons. The molecule has 3 aromatic rings. The highest BCUT2D eigenvalue weighted by Gasteiger charge is 2.33. The Bertz CT molecular complexity index is 3100. The van der Waals surface area contributed by atoms with Gasteiger partial charge in [0.2, 0.25) is 17.5 Å². The molecule has 35 heteroatoms. The van der Waals surface area contributed by atoms with E-state index in [-0.39, 0.29) is 69.8 Å². The maximum Gasteiger partial charge on any atom is 0.344 e. The van der Waals surface area contributed by atoms with E-state index in [0.717, 1.165) is 120 Å². The zero-order chi connectivity index (χ0) is 91.3. The number of aliphatic hydroxyl groups excluding tert-OH is 2. The molecule has 0 radical (unpaired) electrons. The standard InChI is InChI=1S/C22H29F5O4S.C20H27F5O3S.C15H30O3S.C13H26O2.C7ClF5O.C6H15N.C2H4OS.2CH4/c1-15(28)32-14-10-8-6-4-2-3-5-7-9-11-30-12-13-31-22(29)16-17(23)19(25)21(27)20(26)18(16)24;21-15-14(16(22)18(24)19(25)17(15)23)20(26)28-12-11-27-10-8-6-4-2-1-3-5-7-9-13-29;1-15(17)19-14-10-8-6-4-2-3-5-7-9-12-18-13-11-16;1-2-3-4-5-6-7-8-9-10-12-15-13-11-14;8-7(14)1-2(9)4(11)6(13)5(12)3(1)10;1-4-7(5-2)6-3;1-2(3)4;;/h2-14H2,1H3;29H,1-13H2;16H,2-14H2,1H3;2,14H,1,3-13H2;;4-6H2,1-3H3;1H3,(H,3,4);2*1H4. The van der Waals surface area contributed by atoms with Crippen molar-refractivity contribution in [3.05, 3.63) is 117 Å². The Kier molecular flexibility index (Phi) is 92.9. The number of halogens is 16. The van der Waals surface area contributed by atoms with Gasteiger partial charge >= 0.3 is 11.9 Å². The van der Waals surface area contributed by atoms with Gasteiger partial charge in [0.15, 0.2) is 85.2 Å². The minimum Gasteiger partial charge on any atom is -0.459 e. The number of ether oxygens (including phenoxy) is 6. The van der Waals surface area contributed by atoms with E-state index < -0.39 is 121 Å². The number of benzene rings is 3. The average molecular weight is 1870 g/mol. The van der Waals surface area contributed by atoms with Crippen LogP contribution in [-0.2, 0) is 42.8 Å². The van der Waals surface area contributed by atoms with Crippen LogP contribution in [0.5, 0.6) is 0 Å². The number of thioether (sulfide) groups is 2. The molecule has 2 N–H and O–H groups in total. The molecule has 0 saturated heterocycles. The second-order valence-electron chi connectivity index (χ2n) is 26.9. The Labute approximate surface area is 740 Å². The summed E-state index contributed by atoms with van der Waals surface area (Å²) in [4.78, 5) is 66.7. The van der Waals surface area contributed by atoms with Gasteiger partial charge in [-0.1, -0.05) is 232 Å². The topological polar surface area (TPSA) is 201 Å². The summed E-state index contributed by atoms with van der Waals surface area (Å²) in [5.74, 6) is -34.0. The van der Waals surface area contributed by atoms with E-state index in [0.29, 0.717) is 26.4 Å². The summed E-state index contributed by atoms with van der Waals surface area (Å²) in [6.07, 6.45) is 43.4. The average Bonchev–Trinajstić information content (AvgIpc) is 0.808. The van der Waals surface area contributed by atoms with Gasteiger partial charge in [-0.2, -0.15) is 12.6 Å². The summed E-state index contributed by atoms with van der Waals surface area (Å²) in [7, 11) is 0. The van der Waals surface area contributed by atoms with Crippen LogP contribution in [0.4, 0.5) is 65.9 Å². The van der Waals surface area contributed by atoms with Crippen molar-refractivity contribution in [3.63, 3.8) is 0 Å². The van der Waals surface area contributed by atoms with Crippen molar-refractivity contribution in [2.75, 3.05) is 116 Å². The summed E-state index contributed by atoms with van der Waals surface area (Å²) in [5.41, 5.74) is -4.87. The van der Waals surface area contributed by atoms with Gasteiger partial charge in [-0.3, -0.25) is 19.2 Å². The highest BCUT2D eigenvalue weighted by molar-refractivity contribution is 8.13. The van der Waals surface area contributed by atoms with Crippen LogP contribution in [-0.4, -0.2) is 164 Å². The van der Waals surface area contributed by atoms with E-state index in [9.17, 15) is 94.6 Å². The fourth-order valence-electron chi connectivity index (χ4n) is 10.5. The Balaban J connectivity index is -0.000000342. The summed E-state index contributed by atoms with van der Waals surface area (Å²) in [6, 6.07) is 0. The van der Waals surface area contributed by atoms with E-state index in [1.807, 2.05) is 6.08 Å². The first-order valence-corrected chi connectivity index (χ1v) is 44.8. The van der Waals surface area contributed by atoms with Gasteiger partial charge in [-0.05, 0) is 94.8 Å². The summed E-state index contributed by atoms with van der Waals surface area (Å²) in [5, 5.41) is 15.5. The molecule has 0 aromatic heterocycles. The van der Waals surface area contributed by atoms with E-state index in [1.165, 1.54) is 185 Å². The maximum absolute atomic E-state index is 13.5. The minimum absolute atomic E-state index is 0. The van der Waals surface area contributed by atoms with Crippen molar-refractivity contribution in [2.45, 2.75) is 281 Å². The van der Waals surface area contributed by atoms with Crippen LogP contribution in [0.3, 0.4) is 0 Å². The van der Waals surface area contributed by atoms with E-state index >= 15 is 0 Å². The number of hydrogen-bond donors (Lipinski definition) is 4. The van der Waals surface area contributed by atoms with E-state index in [2.05, 4.69) is 78.6 Å². The number of aliphatic hydroxyl groups is 2. The Hall–Kier alpha value is -4.62. The molecule has 0 amide bonds. The molecule has 3 rings (SSSR count). The molecule has 3 aromatic carbocycles. The van der Waals surface area contributed by atoms with Gasteiger partial charge < -0.3 is 43.5 Å². The molecule has 0 saturated carbocycles. The lowest BCUT2D eigenvalue weighted by Gasteiger charge is -2.13. The van der Waals surface area contributed by atoms with Crippen LogP contribution in [0.15, 0.2) is 12.7 Å². The molecule has 0 fully saturated rings. The SMILES string of the molecule is C.C.C=CCCCCCCCCCOCCO.CC(=O)S.CC(=O)SCCCCCCCCCCCOCCO.CC(=O)SCCCCCCCCCCCOCCOC(=O)c1c(F)c(F)c(F)c(F)c1F.CCN(CC)CC.O=C(Cl)c1c(F)c(F)c(F)c(F)c1F.O=C(OCCOCCCCCCCCCCCS)c1c(F)c(F)c(F)c(F)c1F. The normalized spacial score (nSPS) is 10.5. The number of rotatable bonds is 61. The molecule has 0 aliphatic heterocycles. The zero-order valence-electron chi connectivity index (χ0n) is 70.8. The van der Waals surface area contributed by atoms with Gasteiger partial charge in [0.1, 0.15) is 29.9 Å². The number of carbonyl (C=O) groups excluding carboxylic acids is 6. The van der Waals surface area contributed by atoms with Crippen LogP contribution in [0.1, 0.15) is 312 Å². The number of esters is 2. The minimum atomic E-state index is -2.33. The number of carbonyl (C=O) groups is 6. The molecule has 0 bridgehead atoms. The molecule has 122 heavy (non-hydrogen) atoms. The van der Waals surface area contributed by atoms with Crippen molar-refractivity contribution < 1.29 is 133 Å². The Morgan fingerprint density at radius 3 is 0.770 bits per heavy atom. The quantitative estimate of drug-likeness (QED) is 0.00607. The molecule has 0 aliphatic carbocycles. The summed E-state index contributed by atoms with van der Waals surface area (Å²) >= 11 is 15.0. The number of thiol groups is 2. The third-order valence-corrected chi connectivity index (χ3v) is 19.4. The smallest absolute Gasteiger partial charge is 0.344 e.